The average Bonchev–Trinajstić information content (AvgIpc) is 2.31. The molecule has 0 saturated carbocycles. The Morgan fingerprint density at radius 1 is 1.20 bits per heavy atom. The van der Waals surface area contributed by atoms with E-state index in [4.69, 9.17) is 4.74 Å². The summed E-state index contributed by atoms with van der Waals surface area (Å²) in [6.07, 6.45) is 9.42. The van der Waals surface area contributed by atoms with Crippen LogP contribution in [0.2, 0.25) is 0 Å². The first-order valence-electron chi connectivity index (χ1n) is 5.51. The molecule has 0 saturated heterocycles. The molecule has 78 valence electrons. The largest absolute Gasteiger partial charge is 0.462 e. The van der Waals surface area contributed by atoms with Gasteiger partial charge in [0.2, 0.25) is 0 Å². The minimum atomic E-state index is 0.939. The van der Waals surface area contributed by atoms with E-state index in [9.17, 15) is 0 Å². The van der Waals surface area contributed by atoms with Crippen molar-refractivity contribution in [1.82, 2.24) is 0 Å². The lowest BCUT2D eigenvalue weighted by Crippen LogP contribution is -1.97. The molecule has 0 unspecified atom stereocenters. The van der Waals surface area contributed by atoms with Crippen LogP contribution in [0.15, 0.2) is 48.3 Å². The van der Waals surface area contributed by atoms with Crippen LogP contribution in [-0.4, -0.2) is 0 Å². The van der Waals surface area contributed by atoms with Gasteiger partial charge in [0.15, 0.2) is 0 Å². The summed E-state index contributed by atoms with van der Waals surface area (Å²) >= 11 is 0. The fourth-order valence-electron chi connectivity index (χ4n) is 1.61. The maximum Gasteiger partial charge on any atom is 0.126 e. The lowest BCUT2D eigenvalue weighted by molar-refractivity contribution is 0.402. The molecule has 0 amide bonds. The van der Waals surface area contributed by atoms with Gasteiger partial charge in [-0.2, -0.15) is 0 Å². The van der Waals surface area contributed by atoms with Crippen LogP contribution in [0.3, 0.4) is 0 Å². The van der Waals surface area contributed by atoms with Crippen molar-refractivity contribution in [2.24, 2.45) is 0 Å². The molecule has 0 N–H and O–H groups in total. The molecule has 15 heavy (non-hydrogen) atoms. The quantitative estimate of drug-likeness (QED) is 0.719. The fourth-order valence-corrected chi connectivity index (χ4v) is 1.61. The Bertz CT molecular complexity index is 371. The number of hydrogen-bond donors (Lipinski definition) is 0. The molecule has 0 bridgehead atoms. The van der Waals surface area contributed by atoms with Crippen molar-refractivity contribution >= 4 is 0 Å². The van der Waals surface area contributed by atoms with Gasteiger partial charge >= 0.3 is 0 Å². The zero-order valence-corrected chi connectivity index (χ0v) is 9.07. The van der Waals surface area contributed by atoms with Crippen LogP contribution in [-0.2, 0) is 6.42 Å². The summed E-state index contributed by atoms with van der Waals surface area (Å²) in [7, 11) is 0. The highest BCUT2D eigenvalue weighted by Crippen LogP contribution is 2.19. The van der Waals surface area contributed by atoms with Gasteiger partial charge in [0.05, 0.1) is 0 Å². The minimum Gasteiger partial charge on any atom is -0.462 e. The molecule has 1 nitrogen and oxygen atoms in total. The molecule has 0 fully saturated rings. The van der Waals surface area contributed by atoms with Crippen LogP contribution < -0.4 is 4.74 Å². The monoisotopic (exact) mass is 200 g/mol. The maximum atomic E-state index is 5.76. The lowest BCUT2D eigenvalue weighted by Gasteiger charge is -2.11. The Hall–Kier alpha value is -1.50. The van der Waals surface area contributed by atoms with E-state index in [0.717, 1.165) is 30.8 Å². The van der Waals surface area contributed by atoms with Gasteiger partial charge in [-0.3, -0.25) is 0 Å². The highest BCUT2D eigenvalue weighted by Gasteiger charge is 2.02. The first-order valence-corrected chi connectivity index (χ1v) is 5.51. The minimum absolute atomic E-state index is 0.939. The van der Waals surface area contributed by atoms with Crippen LogP contribution in [0.5, 0.6) is 5.75 Å². The van der Waals surface area contributed by atoms with E-state index in [1.54, 1.807) is 0 Å². The number of hydrogen-bond acceptors (Lipinski definition) is 1. The van der Waals surface area contributed by atoms with Crippen molar-refractivity contribution < 1.29 is 4.74 Å². The standard InChI is InChI=1S/C14H16O/c1-2-12-8-10-14(11-9-12)15-13-6-4-3-5-7-13/h3-4,6,8-11H,2,5,7H2,1H3. The molecule has 0 atom stereocenters. The summed E-state index contributed by atoms with van der Waals surface area (Å²) in [5.41, 5.74) is 1.35. The van der Waals surface area contributed by atoms with Crippen molar-refractivity contribution in [3.05, 3.63) is 53.8 Å². The second kappa shape index (κ2) is 4.83. The smallest absolute Gasteiger partial charge is 0.126 e. The zero-order chi connectivity index (χ0) is 10.5. The van der Waals surface area contributed by atoms with Gasteiger partial charge in [-0.1, -0.05) is 31.2 Å². The van der Waals surface area contributed by atoms with Crippen LogP contribution in [0, 0.1) is 0 Å². The molecule has 1 aromatic carbocycles. The van der Waals surface area contributed by atoms with E-state index < -0.39 is 0 Å². The van der Waals surface area contributed by atoms with Crippen molar-refractivity contribution in [2.45, 2.75) is 26.2 Å². The molecule has 1 aliphatic rings. The zero-order valence-electron chi connectivity index (χ0n) is 9.07. The average molecular weight is 200 g/mol. The molecular formula is C14H16O. The first kappa shape index (κ1) is 10.0. The molecule has 1 aromatic rings. The van der Waals surface area contributed by atoms with Gasteiger partial charge in [-0.15, -0.1) is 0 Å². The fraction of sp³-hybridized carbons (Fsp3) is 0.286. The van der Waals surface area contributed by atoms with E-state index in [2.05, 4.69) is 31.2 Å². The van der Waals surface area contributed by atoms with Crippen molar-refractivity contribution in [3.63, 3.8) is 0 Å². The molecular weight excluding hydrogens is 184 g/mol. The summed E-state index contributed by atoms with van der Waals surface area (Å²) < 4.78 is 5.76. The molecule has 0 heterocycles. The van der Waals surface area contributed by atoms with E-state index in [-0.39, 0.29) is 0 Å². The van der Waals surface area contributed by atoms with Gasteiger partial charge in [0.25, 0.3) is 0 Å². The molecule has 0 spiro atoms. The van der Waals surface area contributed by atoms with E-state index in [1.165, 1.54) is 5.56 Å². The van der Waals surface area contributed by atoms with Gasteiger partial charge in [0, 0.05) is 6.42 Å². The van der Waals surface area contributed by atoms with Crippen LogP contribution in [0.4, 0.5) is 0 Å². The molecule has 0 aromatic heterocycles. The lowest BCUT2D eigenvalue weighted by atomic mass is 10.1. The van der Waals surface area contributed by atoms with Crippen molar-refractivity contribution in [1.29, 1.82) is 0 Å². The molecule has 2 rings (SSSR count). The third-order valence-electron chi connectivity index (χ3n) is 2.56. The topological polar surface area (TPSA) is 9.23 Å². The summed E-state index contributed by atoms with van der Waals surface area (Å²) in [4.78, 5) is 0. The highest BCUT2D eigenvalue weighted by molar-refractivity contribution is 5.29. The predicted molar refractivity (Wildman–Crippen MR) is 62.9 cm³/mol. The second-order valence-electron chi connectivity index (χ2n) is 3.70. The number of ether oxygens (including phenoxy) is 1. The summed E-state index contributed by atoms with van der Waals surface area (Å²) in [6.45, 7) is 2.16. The normalized spacial score (nSPS) is 14.9. The van der Waals surface area contributed by atoms with Gasteiger partial charge in [-0.05, 0) is 36.6 Å². The van der Waals surface area contributed by atoms with Crippen molar-refractivity contribution in [2.75, 3.05) is 0 Å². The van der Waals surface area contributed by atoms with E-state index >= 15 is 0 Å². The highest BCUT2D eigenvalue weighted by atomic mass is 16.5. The Morgan fingerprint density at radius 2 is 2.00 bits per heavy atom. The summed E-state index contributed by atoms with van der Waals surface area (Å²) in [6, 6.07) is 8.32. The Kier molecular flexibility index (Phi) is 3.23. The molecule has 0 radical (unpaired) electrons. The maximum absolute atomic E-state index is 5.76. The number of rotatable bonds is 3. The molecule has 1 heteroatoms. The summed E-state index contributed by atoms with van der Waals surface area (Å²) in [5.74, 6) is 2.00. The van der Waals surface area contributed by atoms with Crippen LogP contribution in [0.1, 0.15) is 25.3 Å². The summed E-state index contributed by atoms with van der Waals surface area (Å²) in [5, 5.41) is 0. The van der Waals surface area contributed by atoms with Crippen LogP contribution >= 0.6 is 0 Å². The third-order valence-corrected chi connectivity index (χ3v) is 2.56. The van der Waals surface area contributed by atoms with Gasteiger partial charge < -0.3 is 4.74 Å². The Labute approximate surface area is 91.1 Å². The molecule has 1 aliphatic carbocycles. The second-order valence-corrected chi connectivity index (χ2v) is 3.70. The predicted octanol–water partition coefficient (Wildman–Crippen LogP) is 3.86. The van der Waals surface area contributed by atoms with Crippen LogP contribution in [0.25, 0.3) is 0 Å². The third kappa shape index (κ3) is 2.72. The first-order chi connectivity index (χ1) is 7.38. The Balaban J connectivity index is 2.04. The molecule has 0 aliphatic heterocycles. The van der Waals surface area contributed by atoms with Gasteiger partial charge in [-0.25, -0.2) is 0 Å². The number of benzene rings is 1. The van der Waals surface area contributed by atoms with E-state index in [1.807, 2.05) is 18.2 Å². The van der Waals surface area contributed by atoms with Crippen molar-refractivity contribution in [3.8, 4) is 5.75 Å². The Morgan fingerprint density at radius 3 is 2.60 bits per heavy atom. The number of aryl methyl sites for hydroxylation is 1. The SMILES string of the molecule is CCc1ccc(OC2=CC=CCC2)cc1. The van der Waals surface area contributed by atoms with E-state index in [0.29, 0.717) is 0 Å². The van der Waals surface area contributed by atoms with Gasteiger partial charge in [0.1, 0.15) is 11.5 Å². The number of allylic oxidation sites excluding steroid dienone is 4.